The van der Waals surface area contributed by atoms with Gasteiger partial charge >= 0.3 is 0 Å². The van der Waals surface area contributed by atoms with Crippen LogP contribution in [0.1, 0.15) is 39.6 Å². The van der Waals surface area contributed by atoms with Crippen LogP contribution >= 0.6 is 22.9 Å². The van der Waals surface area contributed by atoms with E-state index in [9.17, 15) is 9.00 Å². The Bertz CT molecular complexity index is 943. The van der Waals surface area contributed by atoms with Crippen LogP contribution < -0.4 is 0 Å². The largest absolute Gasteiger partial charge is 0.380 e. The summed E-state index contributed by atoms with van der Waals surface area (Å²) >= 11 is 7.30. The predicted octanol–water partition coefficient (Wildman–Crippen LogP) is 4.09. The smallest absolute Gasteiger partial charge is 0.286 e. The lowest BCUT2D eigenvalue weighted by molar-refractivity contribution is 0.101. The van der Waals surface area contributed by atoms with E-state index >= 15 is 0 Å². The van der Waals surface area contributed by atoms with Gasteiger partial charge < -0.3 is 4.74 Å². The number of nitrogens with zero attached hydrogens (tertiary/aromatic N) is 2. The maximum absolute atomic E-state index is 12.7. The van der Waals surface area contributed by atoms with Gasteiger partial charge in [0.1, 0.15) is 15.2 Å². The summed E-state index contributed by atoms with van der Waals surface area (Å²) in [7, 11) is 0.415. The van der Waals surface area contributed by atoms with Crippen molar-refractivity contribution in [3.8, 4) is 0 Å². The number of fused-ring (bicyclic) bond motifs is 1. The van der Waals surface area contributed by atoms with Crippen LogP contribution in [0.3, 0.4) is 0 Å². The van der Waals surface area contributed by atoms with E-state index in [-0.39, 0.29) is 17.9 Å². The van der Waals surface area contributed by atoms with Gasteiger partial charge in [0.2, 0.25) is 0 Å². The Morgan fingerprint density at radius 3 is 3.00 bits per heavy atom. The summed E-state index contributed by atoms with van der Waals surface area (Å²) in [5, 5.41) is 0.737. The fraction of sp³-hybridized carbons (Fsp3) is 0.400. The molecule has 2 unspecified atom stereocenters. The Hall–Kier alpha value is -1.38. The van der Waals surface area contributed by atoms with Crippen LogP contribution in [0.4, 0.5) is 0 Å². The van der Waals surface area contributed by atoms with E-state index in [2.05, 4.69) is 4.99 Å². The number of benzene rings is 1. The molecule has 28 heavy (non-hydrogen) atoms. The summed E-state index contributed by atoms with van der Waals surface area (Å²) in [5.41, 5.74) is 2.42. The Morgan fingerprint density at radius 2 is 2.21 bits per heavy atom. The maximum atomic E-state index is 12.7. The van der Waals surface area contributed by atoms with Crippen LogP contribution in [0.25, 0.3) is 0 Å². The van der Waals surface area contributed by atoms with Gasteiger partial charge in [0.25, 0.3) is 5.91 Å². The van der Waals surface area contributed by atoms with Crippen LogP contribution in [0, 0.1) is 0 Å². The molecule has 0 N–H and O–H groups in total. The zero-order chi connectivity index (χ0) is 19.7. The summed E-state index contributed by atoms with van der Waals surface area (Å²) in [5.74, 6) is -0.146. The van der Waals surface area contributed by atoms with Gasteiger partial charge in [0.15, 0.2) is 0 Å². The van der Waals surface area contributed by atoms with Crippen molar-refractivity contribution in [1.82, 2.24) is 4.31 Å². The first-order valence-corrected chi connectivity index (χ1v) is 11.5. The number of thiophene rings is 1. The zero-order valence-electron chi connectivity index (χ0n) is 15.5. The number of halogens is 1. The quantitative estimate of drug-likeness (QED) is 0.663. The molecule has 0 radical (unpaired) electrons. The highest BCUT2D eigenvalue weighted by Gasteiger charge is 2.28. The van der Waals surface area contributed by atoms with Gasteiger partial charge in [-0.15, -0.1) is 11.3 Å². The maximum Gasteiger partial charge on any atom is 0.286 e. The van der Waals surface area contributed by atoms with E-state index < -0.39 is 11.0 Å². The van der Waals surface area contributed by atoms with Gasteiger partial charge in [0.05, 0.1) is 11.0 Å². The fourth-order valence-corrected chi connectivity index (χ4v) is 6.40. The number of hydrogen-bond acceptors (Lipinski definition) is 4. The minimum Gasteiger partial charge on any atom is -0.380 e. The van der Waals surface area contributed by atoms with Crippen LogP contribution in [0.5, 0.6) is 0 Å². The molecule has 1 aliphatic carbocycles. The van der Waals surface area contributed by atoms with Crippen molar-refractivity contribution < 1.29 is 13.7 Å². The number of ether oxygens (including phenoxy) is 1. The number of carbonyl (C=O) groups is 1. The highest BCUT2D eigenvalue weighted by Crippen LogP contribution is 2.33. The molecule has 3 atom stereocenters. The van der Waals surface area contributed by atoms with Crippen LogP contribution in [0.15, 0.2) is 39.5 Å². The zero-order valence-corrected chi connectivity index (χ0v) is 17.9. The van der Waals surface area contributed by atoms with Crippen molar-refractivity contribution in [2.45, 2.75) is 35.5 Å². The molecule has 5 nitrogen and oxygen atoms in total. The Morgan fingerprint density at radius 1 is 1.36 bits per heavy atom. The number of amides is 1. The lowest BCUT2D eigenvalue weighted by atomic mass is 10.0. The Kier molecular flexibility index (Phi) is 6.08. The van der Waals surface area contributed by atoms with Gasteiger partial charge in [-0.2, -0.15) is 0 Å². The topological polar surface area (TPSA) is 59.0 Å². The minimum atomic E-state index is -1.26. The molecule has 2 aliphatic rings. The molecule has 8 heteroatoms. The SMILES string of the molecule is CO[C@@H]1CCN(S(=O)c2ccc(C(=O)N=CC3CCc4cc(Cl)ccc43)s2)C1. The molecular weight excluding hydrogens is 416 g/mol. The number of aryl methyl sites for hydroxylation is 1. The Balaban J connectivity index is 1.41. The molecule has 1 aromatic carbocycles. The van der Waals surface area contributed by atoms with Crippen molar-refractivity contribution in [3.05, 3.63) is 51.4 Å². The molecule has 4 rings (SSSR count). The van der Waals surface area contributed by atoms with Crippen molar-refractivity contribution in [3.63, 3.8) is 0 Å². The van der Waals surface area contributed by atoms with E-state index in [0.717, 1.165) is 30.8 Å². The van der Waals surface area contributed by atoms with Gasteiger partial charge in [-0.3, -0.25) is 4.79 Å². The second-order valence-corrected chi connectivity index (χ2v) is 10.2. The van der Waals surface area contributed by atoms with Crippen molar-refractivity contribution in [2.75, 3.05) is 20.2 Å². The van der Waals surface area contributed by atoms with Gasteiger partial charge in [0, 0.05) is 37.4 Å². The molecule has 148 valence electrons. The third-order valence-electron chi connectivity index (χ3n) is 5.24. The highest BCUT2D eigenvalue weighted by atomic mass is 35.5. The lowest BCUT2D eigenvalue weighted by Gasteiger charge is -2.12. The first-order chi connectivity index (χ1) is 13.5. The summed E-state index contributed by atoms with van der Waals surface area (Å²) < 4.78 is 20.6. The van der Waals surface area contributed by atoms with E-state index in [0.29, 0.717) is 15.6 Å². The van der Waals surface area contributed by atoms with E-state index in [1.54, 1.807) is 25.5 Å². The molecule has 0 bridgehead atoms. The third kappa shape index (κ3) is 4.14. The number of rotatable bonds is 5. The minimum absolute atomic E-state index is 0.124. The summed E-state index contributed by atoms with van der Waals surface area (Å²) in [6, 6.07) is 9.35. The summed E-state index contributed by atoms with van der Waals surface area (Å²) in [6.45, 7) is 1.38. The first-order valence-electron chi connectivity index (χ1n) is 9.21. The van der Waals surface area contributed by atoms with Gasteiger partial charge in [-0.25, -0.2) is 13.5 Å². The molecular formula is C20H21ClN2O3S2. The molecule has 1 fully saturated rings. The number of methoxy groups -OCH3 is 1. The second-order valence-electron chi connectivity index (χ2n) is 6.97. The molecule has 0 saturated carbocycles. The van der Waals surface area contributed by atoms with Crippen LogP contribution in [-0.2, 0) is 22.1 Å². The molecule has 1 saturated heterocycles. The van der Waals surface area contributed by atoms with Crippen LogP contribution in [-0.4, -0.2) is 46.9 Å². The van der Waals surface area contributed by atoms with Gasteiger partial charge in [-0.1, -0.05) is 17.7 Å². The monoisotopic (exact) mass is 436 g/mol. The standard InChI is InChI=1S/C20H21ClN2O3S2/c1-26-16-8-9-23(12-16)28(25)19-7-6-18(27-19)20(24)22-11-14-3-2-13-10-15(21)4-5-17(13)14/h4-7,10-11,14,16H,2-3,8-9,12H2,1H3/t14?,16-,28?/m1/s1. The van der Waals surface area contributed by atoms with E-state index in [4.69, 9.17) is 16.3 Å². The average Bonchev–Trinajstić information content (AvgIpc) is 3.44. The fourth-order valence-electron chi connectivity index (χ4n) is 3.69. The van der Waals surface area contributed by atoms with Crippen molar-refractivity contribution in [2.24, 2.45) is 4.99 Å². The van der Waals surface area contributed by atoms with E-state index in [1.807, 2.05) is 22.5 Å². The first kappa shape index (κ1) is 19.9. The number of carbonyl (C=O) groups excluding carboxylic acids is 1. The Labute approximate surface area is 176 Å². The molecule has 1 aromatic heterocycles. The van der Waals surface area contributed by atoms with Crippen LogP contribution in [0.2, 0.25) is 5.02 Å². The van der Waals surface area contributed by atoms with E-state index in [1.165, 1.54) is 22.5 Å². The van der Waals surface area contributed by atoms with Crippen molar-refractivity contribution >= 4 is 46.0 Å². The second kappa shape index (κ2) is 8.55. The summed E-state index contributed by atoms with van der Waals surface area (Å²) in [6.07, 6.45) is 4.61. The molecule has 2 heterocycles. The predicted molar refractivity (Wildman–Crippen MR) is 113 cm³/mol. The molecule has 1 aliphatic heterocycles. The normalized spacial score (nSPS) is 23.4. The molecule has 0 spiro atoms. The average molecular weight is 437 g/mol. The third-order valence-corrected chi connectivity index (χ3v) is 8.30. The molecule has 1 amide bonds. The highest BCUT2D eigenvalue weighted by molar-refractivity contribution is 7.85. The number of aliphatic imine (C=N–C) groups is 1. The van der Waals surface area contributed by atoms with Crippen molar-refractivity contribution in [1.29, 1.82) is 0 Å². The summed E-state index contributed by atoms with van der Waals surface area (Å²) in [4.78, 5) is 17.2. The lowest BCUT2D eigenvalue weighted by Crippen LogP contribution is -2.24. The number of hydrogen-bond donors (Lipinski definition) is 0. The van der Waals surface area contributed by atoms with Gasteiger partial charge in [-0.05, 0) is 54.7 Å². The molecule has 2 aromatic rings.